The number of rotatable bonds is 4. The zero-order valence-corrected chi connectivity index (χ0v) is 13.7. The summed E-state index contributed by atoms with van der Waals surface area (Å²) in [5.74, 6) is 4.96. The van der Waals surface area contributed by atoms with E-state index < -0.39 is 0 Å². The topological polar surface area (TPSA) is 29.1 Å². The average molecular weight is 310 g/mol. The van der Waals surface area contributed by atoms with Crippen LogP contribution in [0.3, 0.4) is 0 Å². The van der Waals surface area contributed by atoms with Crippen molar-refractivity contribution in [2.24, 2.45) is 35.0 Å². The number of carbonyl (C=O) groups excluding carboxylic acids is 1. The Morgan fingerprint density at radius 3 is 2.14 bits per heavy atom. The molecule has 0 spiro atoms. The predicted octanol–water partition coefficient (Wildman–Crippen LogP) is 3.97. The molecule has 1 N–H and O–H groups in total. The molecular formula is C18H28ClNO. The summed E-state index contributed by atoms with van der Waals surface area (Å²) in [6.07, 6.45) is 11.5. The van der Waals surface area contributed by atoms with Gasteiger partial charge >= 0.3 is 0 Å². The molecule has 3 heteroatoms. The fourth-order valence-corrected chi connectivity index (χ4v) is 6.79. The number of halogens is 1. The van der Waals surface area contributed by atoms with E-state index in [1.165, 1.54) is 57.8 Å². The zero-order valence-electron chi connectivity index (χ0n) is 13.0. The Morgan fingerprint density at radius 2 is 1.57 bits per heavy atom. The molecule has 5 saturated carbocycles. The van der Waals surface area contributed by atoms with Crippen molar-refractivity contribution in [1.29, 1.82) is 0 Å². The van der Waals surface area contributed by atoms with Gasteiger partial charge in [-0.3, -0.25) is 4.79 Å². The minimum absolute atomic E-state index is 0.0177. The van der Waals surface area contributed by atoms with Gasteiger partial charge in [0.2, 0.25) is 5.91 Å². The molecule has 0 aromatic heterocycles. The van der Waals surface area contributed by atoms with E-state index in [0.717, 1.165) is 30.2 Å². The molecule has 21 heavy (non-hydrogen) atoms. The van der Waals surface area contributed by atoms with Crippen LogP contribution in [0.4, 0.5) is 0 Å². The van der Waals surface area contributed by atoms with E-state index in [1.807, 2.05) is 0 Å². The number of nitrogens with one attached hydrogen (secondary N) is 1. The second-order valence-electron chi connectivity index (χ2n) is 8.51. The summed E-state index contributed by atoms with van der Waals surface area (Å²) in [4.78, 5) is 12.9. The van der Waals surface area contributed by atoms with Crippen molar-refractivity contribution in [3.63, 3.8) is 0 Å². The molecule has 0 aromatic rings. The molecule has 0 radical (unpaired) electrons. The highest BCUT2D eigenvalue weighted by molar-refractivity contribution is 6.18. The van der Waals surface area contributed by atoms with Gasteiger partial charge in [-0.15, -0.1) is 11.6 Å². The SMILES string of the molecule is O=C(NCC1CCCC1CCl)C12CC3CC(CC(C3)C1)C2. The highest BCUT2D eigenvalue weighted by Gasteiger charge is 2.54. The number of alkyl halides is 1. The number of carbonyl (C=O) groups is 1. The van der Waals surface area contributed by atoms with Crippen LogP contribution in [0.1, 0.15) is 57.8 Å². The maximum Gasteiger partial charge on any atom is 0.226 e. The van der Waals surface area contributed by atoms with Gasteiger partial charge in [0, 0.05) is 17.8 Å². The van der Waals surface area contributed by atoms with Crippen molar-refractivity contribution in [3.05, 3.63) is 0 Å². The normalized spacial score (nSPS) is 47.8. The highest BCUT2D eigenvalue weighted by atomic mass is 35.5. The Morgan fingerprint density at radius 1 is 1.00 bits per heavy atom. The molecular weight excluding hydrogens is 282 g/mol. The minimum Gasteiger partial charge on any atom is -0.355 e. The van der Waals surface area contributed by atoms with Crippen molar-refractivity contribution in [2.45, 2.75) is 57.8 Å². The summed E-state index contributed by atoms with van der Waals surface area (Å²) >= 11 is 6.06. The first-order valence-corrected chi connectivity index (χ1v) is 9.56. The first-order chi connectivity index (χ1) is 10.2. The maximum atomic E-state index is 12.9. The van der Waals surface area contributed by atoms with Gasteiger partial charge in [-0.05, 0) is 81.0 Å². The third kappa shape index (κ3) is 2.52. The standard InChI is InChI=1S/C18H28ClNO/c19-10-15-2-1-3-16(15)11-20-17(21)18-7-12-4-13(8-18)6-14(5-12)9-18/h12-16H,1-11H2,(H,20,21). The lowest BCUT2D eigenvalue weighted by Crippen LogP contribution is -2.54. The van der Waals surface area contributed by atoms with Crippen molar-refractivity contribution < 1.29 is 4.79 Å². The molecule has 2 atom stereocenters. The molecule has 0 saturated heterocycles. The second-order valence-corrected chi connectivity index (χ2v) is 8.82. The Kier molecular flexibility index (Phi) is 3.72. The van der Waals surface area contributed by atoms with Crippen molar-refractivity contribution >= 4 is 17.5 Å². The first-order valence-electron chi connectivity index (χ1n) is 9.03. The van der Waals surface area contributed by atoms with Gasteiger partial charge in [0.25, 0.3) is 0 Å². The predicted molar refractivity (Wildman–Crippen MR) is 85.2 cm³/mol. The molecule has 5 rings (SSSR count). The molecule has 118 valence electrons. The van der Waals surface area contributed by atoms with Gasteiger partial charge in [-0.2, -0.15) is 0 Å². The molecule has 2 nitrogen and oxygen atoms in total. The van der Waals surface area contributed by atoms with Crippen molar-refractivity contribution in [3.8, 4) is 0 Å². The molecule has 5 aliphatic carbocycles. The summed E-state index contributed by atoms with van der Waals surface area (Å²) in [6.45, 7) is 0.873. The maximum absolute atomic E-state index is 12.9. The number of hydrogen-bond acceptors (Lipinski definition) is 1. The Hall–Kier alpha value is -0.240. The van der Waals surface area contributed by atoms with Gasteiger partial charge in [0.1, 0.15) is 0 Å². The fourth-order valence-electron chi connectivity index (χ4n) is 6.39. The van der Waals surface area contributed by atoms with Crippen LogP contribution < -0.4 is 5.32 Å². The first kappa shape index (κ1) is 14.4. The molecule has 5 aliphatic rings. The minimum atomic E-state index is 0.0177. The van der Waals surface area contributed by atoms with Crippen molar-refractivity contribution in [2.75, 3.05) is 12.4 Å². The zero-order chi connectivity index (χ0) is 14.4. The summed E-state index contributed by atoms with van der Waals surface area (Å²) in [7, 11) is 0. The van der Waals surface area contributed by atoms with Crippen LogP contribution in [-0.2, 0) is 4.79 Å². The molecule has 1 amide bonds. The van der Waals surface area contributed by atoms with Gasteiger partial charge < -0.3 is 5.32 Å². The lowest BCUT2D eigenvalue weighted by molar-refractivity contribution is -0.146. The highest BCUT2D eigenvalue weighted by Crippen LogP contribution is 2.60. The van der Waals surface area contributed by atoms with Crippen LogP contribution >= 0.6 is 11.6 Å². The van der Waals surface area contributed by atoms with Gasteiger partial charge in [-0.1, -0.05) is 6.42 Å². The molecule has 0 aliphatic heterocycles. The van der Waals surface area contributed by atoms with Crippen LogP contribution in [0.5, 0.6) is 0 Å². The van der Waals surface area contributed by atoms with Crippen LogP contribution in [0, 0.1) is 35.0 Å². The van der Waals surface area contributed by atoms with E-state index in [2.05, 4.69) is 5.32 Å². The van der Waals surface area contributed by atoms with Gasteiger partial charge in [0.05, 0.1) is 0 Å². The molecule has 0 aromatic carbocycles. The van der Waals surface area contributed by atoms with Crippen LogP contribution in [0.15, 0.2) is 0 Å². The average Bonchev–Trinajstić information content (AvgIpc) is 2.90. The third-order valence-electron chi connectivity index (χ3n) is 7.06. The molecule has 0 heterocycles. The largest absolute Gasteiger partial charge is 0.355 e. The Bertz CT molecular complexity index is 386. The van der Waals surface area contributed by atoms with Crippen molar-refractivity contribution in [1.82, 2.24) is 5.32 Å². The number of hydrogen-bond donors (Lipinski definition) is 1. The smallest absolute Gasteiger partial charge is 0.226 e. The Balaban J connectivity index is 1.39. The van der Waals surface area contributed by atoms with Crippen LogP contribution in [0.2, 0.25) is 0 Å². The summed E-state index contributed by atoms with van der Waals surface area (Å²) in [6, 6.07) is 0. The van der Waals surface area contributed by atoms with Crippen LogP contribution in [0.25, 0.3) is 0 Å². The molecule has 2 unspecified atom stereocenters. The Labute approximate surface area is 133 Å². The quantitative estimate of drug-likeness (QED) is 0.782. The summed E-state index contributed by atoms with van der Waals surface area (Å²) < 4.78 is 0. The van der Waals surface area contributed by atoms with E-state index in [1.54, 1.807) is 0 Å². The van der Waals surface area contributed by atoms with E-state index >= 15 is 0 Å². The summed E-state index contributed by atoms with van der Waals surface area (Å²) in [5, 5.41) is 3.35. The van der Waals surface area contributed by atoms with Gasteiger partial charge in [-0.25, -0.2) is 0 Å². The number of amides is 1. The lowest BCUT2D eigenvalue weighted by Gasteiger charge is -2.55. The van der Waals surface area contributed by atoms with E-state index in [0.29, 0.717) is 17.7 Å². The van der Waals surface area contributed by atoms with E-state index in [9.17, 15) is 4.79 Å². The second kappa shape index (κ2) is 5.44. The molecule has 5 fully saturated rings. The lowest BCUT2D eigenvalue weighted by atomic mass is 9.49. The molecule has 4 bridgehead atoms. The van der Waals surface area contributed by atoms with Gasteiger partial charge in [0.15, 0.2) is 0 Å². The monoisotopic (exact) mass is 309 g/mol. The summed E-state index contributed by atoms with van der Waals surface area (Å²) in [5.41, 5.74) is 0.0177. The van der Waals surface area contributed by atoms with E-state index in [-0.39, 0.29) is 5.41 Å². The van der Waals surface area contributed by atoms with E-state index in [4.69, 9.17) is 11.6 Å². The third-order valence-corrected chi connectivity index (χ3v) is 7.46. The van der Waals surface area contributed by atoms with Crippen LogP contribution in [-0.4, -0.2) is 18.3 Å². The fraction of sp³-hybridized carbons (Fsp3) is 0.944.